The Labute approximate surface area is 122 Å². The van der Waals surface area contributed by atoms with Crippen LogP contribution in [0.5, 0.6) is 0 Å². The third kappa shape index (κ3) is 2.19. The fourth-order valence-corrected chi connectivity index (χ4v) is 4.77. The minimum atomic E-state index is 0.611. The molecule has 3 unspecified atom stereocenters. The molecule has 4 rings (SSSR count). The van der Waals surface area contributed by atoms with E-state index in [-0.39, 0.29) is 0 Å². The molecule has 0 radical (unpaired) electrons. The Morgan fingerprint density at radius 2 is 1.80 bits per heavy atom. The lowest BCUT2D eigenvalue weighted by Crippen LogP contribution is -2.54. The van der Waals surface area contributed by atoms with Gasteiger partial charge in [0.2, 0.25) is 0 Å². The van der Waals surface area contributed by atoms with Crippen LogP contribution in [0.1, 0.15) is 55.7 Å². The van der Waals surface area contributed by atoms with E-state index in [0.29, 0.717) is 6.04 Å². The Bertz CT molecular complexity index is 470. The van der Waals surface area contributed by atoms with Gasteiger partial charge in [-0.15, -0.1) is 0 Å². The third-order valence-electron chi connectivity index (χ3n) is 5.91. The van der Waals surface area contributed by atoms with Gasteiger partial charge >= 0.3 is 0 Å². The summed E-state index contributed by atoms with van der Waals surface area (Å²) >= 11 is 0. The van der Waals surface area contributed by atoms with Gasteiger partial charge in [0.15, 0.2) is 0 Å². The molecule has 2 heteroatoms. The molecule has 1 aromatic carbocycles. The van der Waals surface area contributed by atoms with Crippen LogP contribution in [0.4, 0.5) is 0 Å². The van der Waals surface area contributed by atoms with Gasteiger partial charge in [0, 0.05) is 24.2 Å². The summed E-state index contributed by atoms with van der Waals surface area (Å²) in [5.74, 6) is 0. The number of hydrogen-bond donors (Lipinski definition) is 1. The van der Waals surface area contributed by atoms with Crippen LogP contribution in [0.25, 0.3) is 0 Å². The third-order valence-corrected chi connectivity index (χ3v) is 5.91. The van der Waals surface area contributed by atoms with Crippen molar-refractivity contribution in [2.45, 2.75) is 69.1 Å². The van der Waals surface area contributed by atoms with Crippen molar-refractivity contribution in [3.05, 3.63) is 35.4 Å². The van der Waals surface area contributed by atoms with Gasteiger partial charge in [0.1, 0.15) is 0 Å². The van der Waals surface area contributed by atoms with E-state index in [1.807, 2.05) is 0 Å². The molecule has 2 heterocycles. The number of fused-ring (bicyclic) bond motifs is 3. The highest BCUT2D eigenvalue weighted by atomic mass is 15.2. The molecule has 1 N–H and O–H groups in total. The van der Waals surface area contributed by atoms with Crippen molar-refractivity contribution in [3.63, 3.8) is 0 Å². The van der Waals surface area contributed by atoms with Crippen molar-refractivity contribution in [2.75, 3.05) is 7.05 Å². The molecule has 108 valence electrons. The number of nitrogens with one attached hydrogen (secondary N) is 1. The molecule has 3 atom stereocenters. The second-order valence-corrected chi connectivity index (χ2v) is 7.03. The first-order valence-corrected chi connectivity index (χ1v) is 8.37. The summed E-state index contributed by atoms with van der Waals surface area (Å²) in [6.07, 6.45) is 9.52. The van der Waals surface area contributed by atoms with Crippen LogP contribution < -0.4 is 5.32 Å². The molecular weight excluding hydrogens is 244 g/mol. The van der Waals surface area contributed by atoms with Gasteiger partial charge in [-0.05, 0) is 56.7 Å². The SMILES string of the molecule is CN1C2CCCC1CC(NC1CCc3ccccc31)C2. The molecular formula is C18H26N2. The van der Waals surface area contributed by atoms with Gasteiger partial charge in [0.05, 0.1) is 0 Å². The standard InChI is InChI=1S/C18H26N2/c1-20-15-6-4-7-16(20)12-14(11-15)19-18-10-9-13-5-2-3-8-17(13)18/h2-3,5,8,14-16,18-19H,4,6-7,9-12H2,1H3. The molecule has 3 aliphatic rings. The van der Waals surface area contributed by atoms with Crippen molar-refractivity contribution in [3.8, 4) is 0 Å². The minimum absolute atomic E-state index is 0.611. The zero-order valence-electron chi connectivity index (χ0n) is 12.5. The monoisotopic (exact) mass is 270 g/mol. The smallest absolute Gasteiger partial charge is 0.0328 e. The zero-order valence-corrected chi connectivity index (χ0v) is 12.5. The van der Waals surface area contributed by atoms with Crippen LogP contribution in [0.2, 0.25) is 0 Å². The van der Waals surface area contributed by atoms with E-state index in [9.17, 15) is 0 Å². The Hall–Kier alpha value is -0.860. The fourth-order valence-electron chi connectivity index (χ4n) is 4.77. The summed E-state index contributed by atoms with van der Waals surface area (Å²) < 4.78 is 0. The van der Waals surface area contributed by atoms with E-state index in [2.05, 4.69) is 41.5 Å². The molecule has 2 nitrogen and oxygen atoms in total. The second kappa shape index (κ2) is 5.16. The first-order valence-electron chi connectivity index (χ1n) is 8.37. The van der Waals surface area contributed by atoms with Gasteiger partial charge in [-0.1, -0.05) is 30.7 Å². The summed E-state index contributed by atoms with van der Waals surface area (Å²) in [7, 11) is 2.34. The Morgan fingerprint density at radius 1 is 1.05 bits per heavy atom. The number of hydrogen-bond acceptors (Lipinski definition) is 2. The number of aryl methyl sites for hydroxylation is 1. The van der Waals surface area contributed by atoms with Crippen LogP contribution >= 0.6 is 0 Å². The average molecular weight is 270 g/mol. The van der Waals surface area contributed by atoms with Crippen molar-refractivity contribution < 1.29 is 0 Å². The summed E-state index contributed by atoms with van der Waals surface area (Å²) in [4.78, 5) is 2.66. The quantitative estimate of drug-likeness (QED) is 0.887. The van der Waals surface area contributed by atoms with Gasteiger partial charge < -0.3 is 10.2 Å². The van der Waals surface area contributed by atoms with Crippen LogP contribution in [0.3, 0.4) is 0 Å². The Kier molecular flexibility index (Phi) is 3.31. The normalized spacial score (nSPS) is 36.9. The highest BCUT2D eigenvalue weighted by molar-refractivity contribution is 5.34. The largest absolute Gasteiger partial charge is 0.307 e. The first kappa shape index (κ1) is 12.8. The second-order valence-electron chi connectivity index (χ2n) is 7.03. The number of piperidine rings is 2. The molecule has 2 fully saturated rings. The molecule has 0 amide bonds. The molecule has 2 bridgehead atoms. The van der Waals surface area contributed by atoms with Crippen LogP contribution in [-0.2, 0) is 6.42 Å². The van der Waals surface area contributed by atoms with Crippen LogP contribution in [0, 0.1) is 0 Å². The molecule has 0 saturated carbocycles. The summed E-state index contributed by atoms with van der Waals surface area (Å²) in [6, 6.07) is 12.0. The van der Waals surface area contributed by atoms with Gasteiger partial charge in [0.25, 0.3) is 0 Å². The Morgan fingerprint density at radius 3 is 2.60 bits per heavy atom. The molecule has 1 aromatic rings. The van der Waals surface area contributed by atoms with Crippen molar-refractivity contribution >= 4 is 0 Å². The van der Waals surface area contributed by atoms with Gasteiger partial charge in [-0.3, -0.25) is 0 Å². The lowest BCUT2D eigenvalue weighted by atomic mass is 9.82. The fraction of sp³-hybridized carbons (Fsp3) is 0.667. The van der Waals surface area contributed by atoms with E-state index in [4.69, 9.17) is 0 Å². The highest BCUT2D eigenvalue weighted by Gasteiger charge is 2.37. The molecule has 0 spiro atoms. The highest BCUT2D eigenvalue weighted by Crippen LogP contribution is 2.36. The zero-order chi connectivity index (χ0) is 13.5. The van der Waals surface area contributed by atoms with Gasteiger partial charge in [-0.2, -0.15) is 0 Å². The molecule has 1 aliphatic carbocycles. The molecule has 0 aromatic heterocycles. The molecule has 2 aliphatic heterocycles. The van der Waals surface area contributed by atoms with Gasteiger partial charge in [-0.25, -0.2) is 0 Å². The number of benzene rings is 1. The summed E-state index contributed by atoms with van der Waals surface area (Å²) in [5.41, 5.74) is 3.13. The average Bonchev–Trinajstić information content (AvgIpc) is 2.83. The lowest BCUT2D eigenvalue weighted by molar-refractivity contribution is 0.0458. The van der Waals surface area contributed by atoms with Crippen LogP contribution in [-0.4, -0.2) is 30.1 Å². The molecule has 2 saturated heterocycles. The first-order chi connectivity index (χ1) is 9.81. The maximum atomic E-state index is 4.00. The summed E-state index contributed by atoms with van der Waals surface area (Å²) in [5, 5.41) is 4.00. The van der Waals surface area contributed by atoms with E-state index in [1.165, 1.54) is 44.9 Å². The predicted molar refractivity (Wildman–Crippen MR) is 82.9 cm³/mol. The van der Waals surface area contributed by atoms with Crippen LogP contribution in [0.15, 0.2) is 24.3 Å². The Balaban J connectivity index is 1.46. The summed E-state index contributed by atoms with van der Waals surface area (Å²) in [6.45, 7) is 0. The topological polar surface area (TPSA) is 15.3 Å². The van der Waals surface area contributed by atoms with E-state index >= 15 is 0 Å². The maximum Gasteiger partial charge on any atom is 0.0328 e. The lowest BCUT2D eigenvalue weighted by Gasteiger charge is -2.47. The number of rotatable bonds is 2. The number of nitrogens with zero attached hydrogens (tertiary/aromatic N) is 1. The van der Waals surface area contributed by atoms with Crippen molar-refractivity contribution in [1.29, 1.82) is 0 Å². The predicted octanol–water partition coefficient (Wildman–Crippen LogP) is 3.28. The van der Waals surface area contributed by atoms with Crippen molar-refractivity contribution in [2.24, 2.45) is 0 Å². The van der Waals surface area contributed by atoms with E-state index in [1.54, 1.807) is 11.1 Å². The van der Waals surface area contributed by atoms with Crippen molar-refractivity contribution in [1.82, 2.24) is 10.2 Å². The van der Waals surface area contributed by atoms with E-state index < -0.39 is 0 Å². The minimum Gasteiger partial charge on any atom is -0.307 e. The van der Waals surface area contributed by atoms with E-state index in [0.717, 1.165) is 18.1 Å². The maximum absolute atomic E-state index is 4.00. The molecule has 20 heavy (non-hydrogen) atoms.